The number of nitrogens with one attached hydrogen (secondary N) is 2. The molecule has 2 aromatic carbocycles. The number of nitrogens with zero attached hydrogens (tertiary/aromatic N) is 2. The Morgan fingerprint density at radius 1 is 1.18 bits per heavy atom. The van der Waals surface area contributed by atoms with Gasteiger partial charge in [0.1, 0.15) is 11.9 Å². The molecule has 0 radical (unpaired) electrons. The van der Waals surface area contributed by atoms with Crippen LogP contribution in [-0.4, -0.2) is 32.7 Å². The van der Waals surface area contributed by atoms with E-state index in [4.69, 9.17) is 0 Å². The number of amides is 2. The fraction of sp³-hybridized carbons (Fsp3) is 0.318. The number of aromatic nitrogens is 2. The van der Waals surface area contributed by atoms with Crippen molar-refractivity contribution >= 4 is 22.8 Å². The minimum atomic E-state index is -0.496. The number of imidazole rings is 1. The molecule has 6 nitrogen and oxygen atoms in total. The average Bonchev–Trinajstić information content (AvgIpc) is 3.25. The maximum Gasteiger partial charge on any atom is 0.255 e. The van der Waals surface area contributed by atoms with Crippen molar-refractivity contribution in [1.82, 2.24) is 20.2 Å². The van der Waals surface area contributed by atoms with E-state index in [1.165, 1.54) is 0 Å². The molecule has 2 heterocycles. The van der Waals surface area contributed by atoms with E-state index in [9.17, 15) is 9.59 Å². The van der Waals surface area contributed by atoms with Crippen LogP contribution in [0, 0.1) is 5.92 Å². The van der Waals surface area contributed by atoms with Gasteiger partial charge in [0.05, 0.1) is 17.6 Å². The summed E-state index contributed by atoms with van der Waals surface area (Å²) >= 11 is 0. The largest absolute Gasteiger partial charge is 0.347 e. The Balaban J connectivity index is 1.49. The fourth-order valence-corrected chi connectivity index (χ4v) is 3.73. The van der Waals surface area contributed by atoms with E-state index < -0.39 is 6.04 Å². The second kappa shape index (κ2) is 7.46. The molecule has 0 spiro atoms. The number of para-hydroxylation sites is 2. The Labute approximate surface area is 164 Å². The normalized spacial score (nSPS) is 14.5. The zero-order valence-electron chi connectivity index (χ0n) is 16.1. The second-order valence-electron chi connectivity index (χ2n) is 7.65. The van der Waals surface area contributed by atoms with Crippen LogP contribution in [0.25, 0.3) is 11.0 Å². The number of hydrogen-bond acceptors (Lipinski definition) is 3. The molecule has 144 valence electrons. The molecule has 0 unspecified atom stereocenters. The number of hydrogen-bond donors (Lipinski definition) is 2. The quantitative estimate of drug-likeness (QED) is 0.693. The third-order valence-electron chi connectivity index (χ3n) is 5.09. The lowest BCUT2D eigenvalue weighted by Gasteiger charge is -2.28. The summed E-state index contributed by atoms with van der Waals surface area (Å²) in [7, 11) is 0. The van der Waals surface area contributed by atoms with Crippen molar-refractivity contribution in [1.29, 1.82) is 0 Å². The van der Waals surface area contributed by atoms with Crippen LogP contribution in [0.5, 0.6) is 0 Å². The van der Waals surface area contributed by atoms with Gasteiger partial charge in [0.25, 0.3) is 5.91 Å². The highest BCUT2D eigenvalue weighted by molar-refractivity contribution is 6.01. The van der Waals surface area contributed by atoms with Gasteiger partial charge in [-0.2, -0.15) is 0 Å². The van der Waals surface area contributed by atoms with E-state index >= 15 is 0 Å². The van der Waals surface area contributed by atoms with Crippen LogP contribution >= 0.6 is 0 Å². The minimum Gasteiger partial charge on any atom is -0.347 e. The number of rotatable bonds is 6. The third kappa shape index (κ3) is 3.50. The van der Waals surface area contributed by atoms with E-state index in [1.807, 2.05) is 48.5 Å². The third-order valence-corrected chi connectivity index (χ3v) is 5.09. The molecule has 3 aromatic rings. The standard InChI is InChI=1S/C22H24N4O2/c1-14(2)11-19(26-13-15-7-3-4-8-16(15)22(26)28)21(27)23-12-20-24-17-9-5-6-10-18(17)25-20/h3-10,14,19H,11-13H2,1-2H3,(H,23,27)(H,24,25)/t19-/m0/s1. The van der Waals surface area contributed by atoms with E-state index in [-0.39, 0.29) is 11.8 Å². The predicted molar refractivity (Wildman–Crippen MR) is 107 cm³/mol. The number of carbonyl (C=O) groups excluding carboxylic acids is 2. The summed E-state index contributed by atoms with van der Waals surface area (Å²) in [6.07, 6.45) is 0.617. The molecule has 1 atom stereocenters. The molecule has 1 aromatic heterocycles. The zero-order chi connectivity index (χ0) is 19.7. The zero-order valence-corrected chi connectivity index (χ0v) is 16.1. The highest BCUT2D eigenvalue weighted by Gasteiger charge is 2.36. The lowest BCUT2D eigenvalue weighted by molar-refractivity contribution is -0.126. The Bertz CT molecular complexity index is 991. The number of aromatic amines is 1. The molecule has 0 saturated heterocycles. The van der Waals surface area contributed by atoms with Crippen molar-refractivity contribution in [3.8, 4) is 0 Å². The van der Waals surface area contributed by atoms with Crippen LogP contribution in [0.1, 0.15) is 42.0 Å². The molecule has 0 bridgehead atoms. The molecular weight excluding hydrogens is 352 g/mol. The summed E-state index contributed by atoms with van der Waals surface area (Å²) in [5, 5.41) is 2.96. The van der Waals surface area contributed by atoms with E-state index in [0.29, 0.717) is 36.8 Å². The van der Waals surface area contributed by atoms with Crippen molar-refractivity contribution < 1.29 is 9.59 Å². The van der Waals surface area contributed by atoms with Gasteiger partial charge in [0.2, 0.25) is 5.91 Å². The summed E-state index contributed by atoms with van der Waals surface area (Å²) in [6, 6.07) is 14.8. The van der Waals surface area contributed by atoms with Gasteiger partial charge < -0.3 is 15.2 Å². The first-order valence-electron chi connectivity index (χ1n) is 9.63. The summed E-state index contributed by atoms with van der Waals surface area (Å²) in [4.78, 5) is 35.3. The Morgan fingerprint density at radius 2 is 1.93 bits per heavy atom. The van der Waals surface area contributed by atoms with Gasteiger partial charge >= 0.3 is 0 Å². The van der Waals surface area contributed by atoms with Crippen LogP contribution in [0.2, 0.25) is 0 Å². The van der Waals surface area contributed by atoms with Gasteiger partial charge in [-0.05, 0) is 36.1 Å². The molecule has 6 heteroatoms. The van der Waals surface area contributed by atoms with Gasteiger partial charge in [0.15, 0.2) is 0 Å². The Kier molecular flexibility index (Phi) is 4.86. The van der Waals surface area contributed by atoms with Crippen molar-refractivity contribution in [2.75, 3.05) is 0 Å². The average molecular weight is 376 g/mol. The molecule has 2 N–H and O–H groups in total. The summed E-state index contributed by atoms with van der Waals surface area (Å²) < 4.78 is 0. The van der Waals surface area contributed by atoms with E-state index in [0.717, 1.165) is 16.6 Å². The Hall–Kier alpha value is -3.15. The smallest absolute Gasteiger partial charge is 0.255 e. The monoisotopic (exact) mass is 376 g/mol. The van der Waals surface area contributed by atoms with Gasteiger partial charge in [-0.25, -0.2) is 4.98 Å². The number of fused-ring (bicyclic) bond motifs is 2. The van der Waals surface area contributed by atoms with Crippen LogP contribution in [0.4, 0.5) is 0 Å². The number of H-pyrrole nitrogens is 1. The maximum atomic E-state index is 13.0. The van der Waals surface area contributed by atoms with Crippen LogP contribution in [-0.2, 0) is 17.9 Å². The summed E-state index contributed by atoms with van der Waals surface area (Å²) in [5.41, 5.74) is 3.49. The van der Waals surface area contributed by atoms with Crippen molar-refractivity contribution in [3.63, 3.8) is 0 Å². The molecule has 1 aliphatic heterocycles. The SMILES string of the molecule is CC(C)C[C@@H](C(=O)NCc1nc2ccccc2[nH]1)N1Cc2ccccc2C1=O. The highest BCUT2D eigenvalue weighted by Crippen LogP contribution is 2.27. The van der Waals surface area contributed by atoms with E-state index in [1.54, 1.807) is 4.90 Å². The molecule has 0 aliphatic carbocycles. The minimum absolute atomic E-state index is 0.0693. The first-order valence-corrected chi connectivity index (χ1v) is 9.63. The second-order valence-corrected chi connectivity index (χ2v) is 7.65. The molecule has 28 heavy (non-hydrogen) atoms. The molecule has 1 aliphatic rings. The topological polar surface area (TPSA) is 78.1 Å². The Morgan fingerprint density at radius 3 is 2.68 bits per heavy atom. The van der Waals surface area contributed by atoms with E-state index in [2.05, 4.69) is 29.1 Å². The number of benzene rings is 2. The first-order chi connectivity index (χ1) is 13.5. The van der Waals surface area contributed by atoms with Crippen LogP contribution in [0.15, 0.2) is 48.5 Å². The van der Waals surface area contributed by atoms with Gasteiger partial charge in [-0.1, -0.05) is 44.2 Å². The fourth-order valence-electron chi connectivity index (χ4n) is 3.73. The first kappa shape index (κ1) is 18.2. The molecule has 0 saturated carbocycles. The highest BCUT2D eigenvalue weighted by atomic mass is 16.2. The van der Waals surface area contributed by atoms with Gasteiger partial charge in [-0.15, -0.1) is 0 Å². The number of carbonyl (C=O) groups is 2. The maximum absolute atomic E-state index is 13.0. The molecular formula is C22H24N4O2. The van der Waals surface area contributed by atoms with Crippen LogP contribution < -0.4 is 5.32 Å². The summed E-state index contributed by atoms with van der Waals surface area (Å²) in [5.74, 6) is 0.780. The molecule has 4 rings (SSSR count). The van der Waals surface area contributed by atoms with Crippen LogP contribution in [0.3, 0.4) is 0 Å². The lowest BCUT2D eigenvalue weighted by Crippen LogP contribution is -2.47. The summed E-state index contributed by atoms with van der Waals surface area (Å²) in [6.45, 7) is 4.90. The van der Waals surface area contributed by atoms with Gasteiger partial charge in [-0.3, -0.25) is 9.59 Å². The van der Waals surface area contributed by atoms with Crippen molar-refractivity contribution in [2.45, 2.75) is 39.4 Å². The molecule has 2 amide bonds. The molecule has 0 fully saturated rings. The predicted octanol–water partition coefficient (Wildman–Crippen LogP) is 3.25. The van der Waals surface area contributed by atoms with Crippen molar-refractivity contribution in [3.05, 3.63) is 65.5 Å². The lowest BCUT2D eigenvalue weighted by atomic mass is 10.0. The van der Waals surface area contributed by atoms with Gasteiger partial charge in [0, 0.05) is 12.1 Å². The van der Waals surface area contributed by atoms with Crippen molar-refractivity contribution in [2.24, 2.45) is 5.92 Å².